The van der Waals surface area contributed by atoms with E-state index in [0.717, 1.165) is 4.34 Å². The summed E-state index contributed by atoms with van der Waals surface area (Å²) in [6.07, 6.45) is 2.87. The summed E-state index contributed by atoms with van der Waals surface area (Å²) in [4.78, 5) is 28.2. The topological polar surface area (TPSA) is 88.9 Å². The molecule has 6 nitrogen and oxygen atoms in total. The van der Waals surface area contributed by atoms with Gasteiger partial charge in [-0.3, -0.25) is 14.9 Å². The van der Waals surface area contributed by atoms with Gasteiger partial charge in [0.25, 0.3) is 5.69 Å². The molecule has 0 amide bonds. The second kappa shape index (κ2) is 5.11. The Balaban J connectivity index is 1.97. The van der Waals surface area contributed by atoms with Crippen molar-refractivity contribution in [2.24, 2.45) is 0 Å². The molecule has 0 unspecified atom stereocenters. The van der Waals surface area contributed by atoms with Gasteiger partial charge >= 0.3 is 0 Å². The predicted molar refractivity (Wildman–Crippen MR) is 64.6 cm³/mol. The van der Waals surface area contributed by atoms with E-state index in [1.165, 1.54) is 35.4 Å². The quantitative estimate of drug-likeness (QED) is 0.389. The summed E-state index contributed by atoms with van der Waals surface area (Å²) >= 11 is 2.77. The number of aromatic nitrogens is 2. The Labute approximate surface area is 104 Å². The number of carbonyl (C=O) groups excluding carboxylic acids is 1. The maximum atomic E-state index is 11.7. The van der Waals surface area contributed by atoms with Crippen molar-refractivity contribution in [3.05, 3.63) is 39.6 Å². The van der Waals surface area contributed by atoms with Gasteiger partial charge in [0, 0.05) is 17.6 Å². The van der Waals surface area contributed by atoms with Crippen molar-refractivity contribution in [1.82, 2.24) is 9.97 Å². The standard InChI is InChI=1S/C9H7N3O3S2/c13-8(5-17-9-10-1-2-16-9)7-3-6(4-11-7)12(14)15/h1-4,11H,5H2. The molecule has 0 aromatic carbocycles. The highest BCUT2D eigenvalue weighted by Gasteiger charge is 2.14. The van der Waals surface area contributed by atoms with Gasteiger partial charge in [-0.25, -0.2) is 4.98 Å². The Morgan fingerprint density at radius 3 is 3.06 bits per heavy atom. The van der Waals surface area contributed by atoms with Crippen LogP contribution in [-0.2, 0) is 0 Å². The summed E-state index contributed by atoms with van der Waals surface area (Å²) in [7, 11) is 0. The van der Waals surface area contributed by atoms with Gasteiger partial charge in [-0.05, 0) is 0 Å². The van der Waals surface area contributed by atoms with Gasteiger partial charge in [-0.1, -0.05) is 11.8 Å². The molecule has 0 fully saturated rings. The smallest absolute Gasteiger partial charge is 0.287 e. The minimum absolute atomic E-state index is 0.104. The molecule has 8 heteroatoms. The Kier molecular flexibility index (Phi) is 3.55. The lowest BCUT2D eigenvalue weighted by atomic mass is 10.3. The maximum absolute atomic E-state index is 11.7. The Morgan fingerprint density at radius 1 is 1.65 bits per heavy atom. The molecule has 0 radical (unpaired) electrons. The fourth-order valence-corrected chi connectivity index (χ4v) is 2.66. The van der Waals surface area contributed by atoms with E-state index < -0.39 is 4.92 Å². The summed E-state index contributed by atoms with van der Waals surface area (Å²) in [5.41, 5.74) is 0.147. The number of nitrogens with one attached hydrogen (secondary N) is 1. The van der Waals surface area contributed by atoms with Crippen LogP contribution < -0.4 is 0 Å². The van der Waals surface area contributed by atoms with Crippen LogP contribution in [0.15, 0.2) is 28.2 Å². The van der Waals surface area contributed by atoms with Crippen LogP contribution in [0.3, 0.4) is 0 Å². The van der Waals surface area contributed by atoms with E-state index in [-0.39, 0.29) is 22.9 Å². The number of thioether (sulfide) groups is 1. The van der Waals surface area contributed by atoms with Crippen LogP contribution in [0.5, 0.6) is 0 Å². The van der Waals surface area contributed by atoms with Crippen molar-refractivity contribution in [1.29, 1.82) is 0 Å². The third-order valence-corrected chi connectivity index (χ3v) is 3.88. The molecule has 1 N–H and O–H groups in total. The average Bonchev–Trinajstić information content (AvgIpc) is 2.96. The lowest BCUT2D eigenvalue weighted by molar-refractivity contribution is -0.384. The molecule has 0 bridgehead atoms. The summed E-state index contributed by atoms with van der Waals surface area (Å²) in [6.45, 7) is 0. The van der Waals surface area contributed by atoms with Crippen molar-refractivity contribution >= 4 is 34.6 Å². The Morgan fingerprint density at radius 2 is 2.47 bits per heavy atom. The molecule has 0 atom stereocenters. The summed E-state index contributed by atoms with van der Waals surface area (Å²) in [5, 5.41) is 12.3. The number of Topliss-reactive ketones (excluding diaryl/α,β-unsaturated/α-hetero) is 1. The number of nitro groups is 1. The lowest BCUT2D eigenvalue weighted by Gasteiger charge is -1.94. The van der Waals surface area contributed by atoms with E-state index in [0.29, 0.717) is 0 Å². The zero-order chi connectivity index (χ0) is 12.3. The Hall–Kier alpha value is -1.67. The molecule has 0 saturated carbocycles. The fourth-order valence-electron chi connectivity index (χ4n) is 1.14. The molecule has 0 spiro atoms. The van der Waals surface area contributed by atoms with E-state index in [1.54, 1.807) is 6.20 Å². The number of rotatable bonds is 5. The van der Waals surface area contributed by atoms with Crippen LogP contribution in [-0.4, -0.2) is 26.4 Å². The van der Waals surface area contributed by atoms with E-state index in [9.17, 15) is 14.9 Å². The normalized spacial score (nSPS) is 10.4. The molecule has 88 valence electrons. The molecule has 0 aliphatic heterocycles. The van der Waals surface area contributed by atoms with Crippen LogP contribution in [0, 0.1) is 10.1 Å². The van der Waals surface area contributed by atoms with Crippen LogP contribution >= 0.6 is 23.1 Å². The lowest BCUT2D eigenvalue weighted by Crippen LogP contribution is -2.02. The molecule has 2 aromatic heterocycles. The van der Waals surface area contributed by atoms with Gasteiger partial charge in [-0.2, -0.15) is 0 Å². The van der Waals surface area contributed by atoms with E-state index >= 15 is 0 Å². The molecule has 17 heavy (non-hydrogen) atoms. The first-order valence-electron chi connectivity index (χ1n) is 4.55. The van der Waals surface area contributed by atoms with Crippen molar-refractivity contribution in [3.8, 4) is 0 Å². The number of aromatic amines is 1. The summed E-state index contributed by atoms with van der Waals surface area (Å²) in [6, 6.07) is 1.24. The van der Waals surface area contributed by atoms with Crippen LogP contribution in [0.2, 0.25) is 0 Å². The molecule has 0 aliphatic carbocycles. The van der Waals surface area contributed by atoms with Crippen molar-refractivity contribution < 1.29 is 9.72 Å². The predicted octanol–water partition coefficient (Wildman–Crippen LogP) is 2.35. The number of H-pyrrole nitrogens is 1. The highest BCUT2D eigenvalue weighted by Crippen LogP contribution is 2.21. The van der Waals surface area contributed by atoms with Crippen molar-refractivity contribution in [3.63, 3.8) is 0 Å². The number of thiazole rings is 1. The minimum atomic E-state index is -0.540. The zero-order valence-electron chi connectivity index (χ0n) is 8.45. The van der Waals surface area contributed by atoms with Crippen LogP contribution in [0.25, 0.3) is 0 Å². The van der Waals surface area contributed by atoms with Gasteiger partial charge in [-0.15, -0.1) is 11.3 Å². The number of hydrogen-bond donors (Lipinski definition) is 1. The first kappa shape index (κ1) is 11.8. The number of carbonyl (C=O) groups is 1. The number of ketones is 1. The van der Waals surface area contributed by atoms with E-state index in [4.69, 9.17) is 0 Å². The summed E-state index contributed by atoms with van der Waals surface area (Å²) in [5.74, 6) is 0.0313. The molecule has 2 aromatic rings. The molecule has 2 heterocycles. The summed E-state index contributed by atoms with van der Waals surface area (Å²) < 4.78 is 0.805. The number of hydrogen-bond acceptors (Lipinski definition) is 6. The largest absolute Gasteiger partial charge is 0.353 e. The Bertz CT molecular complexity index is 535. The van der Waals surface area contributed by atoms with Gasteiger partial charge in [0.1, 0.15) is 4.34 Å². The third-order valence-electron chi connectivity index (χ3n) is 1.92. The first-order chi connectivity index (χ1) is 8.16. The molecule has 2 rings (SSSR count). The first-order valence-corrected chi connectivity index (χ1v) is 6.41. The maximum Gasteiger partial charge on any atom is 0.287 e. The minimum Gasteiger partial charge on any atom is -0.353 e. The monoisotopic (exact) mass is 269 g/mol. The molecule has 0 aliphatic rings. The number of nitrogens with zero attached hydrogens (tertiary/aromatic N) is 2. The van der Waals surface area contributed by atoms with Crippen molar-refractivity contribution in [2.75, 3.05) is 5.75 Å². The van der Waals surface area contributed by atoms with Gasteiger partial charge < -0.3 is 4.98 Å². The molecular weight excluding hydrogens is 262 g/mol. The van der Waals surface area contributed by atoms with Crippen LogP contribution in [0.1, 0.15) is 10.5 Å². The zero-order valence-corrected chi connectivity index (χ0v) is 10.1. The van der Waals surface area contributed by atoms with E-state index in [1.807, 2.05) is 5.38 Å². The third kappa shape index (κ3) is 2.92. The molecular formula is C9H7N3O3S2. The molecule has 0 saturated heterocycles. The van der Waals surface area contributed by atoms with Gasteiger partial charge in [0.2, 0.25) is 0 Å². The van der Waals surface area contributed by atoms with E-state index in [2.05, 4.69) is 9.97 Å². The second-order valence-corrected chi connectivity index (χ2v) is 5.16. The van der Waals surface area contributed by atoms with Gasteiger partial charge in [0.05, 0.1) is 22.6 Å². The van der Waals surface area contributed by atoms with Crippen LogP contribution in [0.4, 0.5) is 5.69 Å². The highest BCUT2D eigenvalue weighted by molar-refractivity contribution is 8.01. The average molecular weight is 269 g/mol. The van der Waals surface area contributed by atoms with Gasteiger partial charge in [0.15, 0.2) is 5.78 Å². The fraction of sp³-hybridized carbons (Fsp3) is 0.111. The SMILES string of the molecule is O=C(CSc1nccs1)c1cc([N+](=O)[O-])c[nH]1. The second-order valence-electron chi connectivity index (χ2n) is 3.04. The van der Waals surface area contributed by atoms with Crippen molar-refractivity contribution in [2.45, 2.75) is 4.34 Å². The highest BCUT2D eigenvalue weighted by atomic mass is 32.2.